The molecule has 0 N–H and O–H groups in total. The maximum Gasteiger partial charge on any atom is 0.410 e. The fourth-order valence-corrected chi connectivity index (χ4v) is 4.01. The van der Waals surface area contributed by atoms with Crippen LogP contribution in [-0.2, 0) is 16.0 Å². The van der Waals surface area contributed by atoms with Crippen molar-refractivity contribution in [2.45, 2.75) is 58.4 Å². The van der Waals surface area contributed by atoms with E-state index in [-0.39, 0.29) is 12.3 Å². The minimum atomic E-state index is -0.485. The van der Waals surface area contributed by atoms with E-state index in [2.05, 4.69) is 57.4 Å². The van der Waals surface area contributed by atoms with Gasteiger partial charge < -0.3 is 14.4 Å². The van der Waals surface area contributed by atoms with Crippen molar-refractivity contribution >= 4 is 39.6 Å². The summed E-state index contributed by atoms with van der Waals surface area (Å²) >= 11 is 2.35. The maximum absolute atomic E-state index is 12.2. The molecule has 1 aromatic heterocycles. The summed E-state index contributed by atoms with van der Waals surface area (Å²) in [4.78, 5) is 16.0. The molecule has 2 aromatic rings. The lowest BCUT2D eigenvalue weighted by Crippen LogP contribution is -2.38. The molecule has 8 heteroatoms. The number of nitrogens with zero attached hydrogens (tertiary/aromatic N) is 4. The van der Waals surface area contributed by atoms with Gasteiger partial charge in [-0.15, -0.1) is 0 Å². The number of hydrogen-bond donors (Lipinski definition) is 0. The fraction of sp³-hybridized carbons (Fsp3) is 0.636. The van der Waals surface area contributed by atoms with Gasteiger partial charge in [0.15, 0.2) is 6.23 Å². The normalized spacial score (nSPS) is 17.5. The number of carbonyl (C=O) groups excluding carboxylic acids is 1. The summed E-state index contributed by atoms with van der Waals surface area (Å²) < 4.78 is 14.7. The average Bonchev–Trinajstić information content (AvgIpc) is 3.03. The maximum atomic E-state index is 12.2. The van der Waals surface area contributed by atoms with Crippen molar-refractivity contribution in [1.82, 2.24) is 19.6 Å². The Kier molecular flexibility index (Phi) is 7.62. The molecule has 0 bridgehead atoms. The zero-order valence-electron chi connectivity index (χ0n) is 18.7. The van der Waals surface area contributed by atoms with Crippen LogP contribution in [0.5, 0.6) is 0 Å². The van der Waals surface area contributed by atoms with Crippen molar-refractivity contribution in [3.05, 3.63) is 27.5 Å². The van der Waals surface area contributed by atoms with Gasteiger partial charge in [0.1, 0.15) is 5.60 Å². The first-order valence-electron chi connectivity index (χ1n) is 10.5. The monoisotopic (exact) mass is 528 g/mol. The highest BCUT2D eigenvalue weighted by Crippen LogP contribution is 2.29. The summed E-state index contributed by atoms with van der Waals surface area (Å²) in [7, 11) is 3.83. The van der Waals surface area contributed by atoms with Gasteiger partial charge >= 0.3 is 6.09 Å². The van der Waals surface area contributed by atoms with E-state index in [0.29, 0.717) is 13.1 Å². The zero-order valence-corrected chi connectivity index (χ0v) is 20.8. The Labute approximate surface area is 192 Å². The van der Waals surface area contributed by atoms with Crippen molar-refractivity contribution < 1.29 is 14.3 Å². The number of rotatable bonds is 6. The summed E-state index contributed by atoms with van der Waals surface area (Å²) in [6, 6.07) is 6.45. The van der Waals surface area contributed by atoms with E-state index in [9.17, 15) is 4.79 Å². The van der Waals surface area contributed by atoms with Gasteiger partial charge in [0.05, 0.1) is 11.2 Å². The van der Waals surface area contributed by atoms with Crippen LogP contribution in [0.25, 0.3) is 10.9 Å². The Hall–Kier alpha value is -1.39. The fourth-order valence-electron chi connectivity index (χ4n) is 3.52. The van der Waals surface area contributed by atoms with Gasteiger partial charge in [-0.25, -0.2) is 9.48 Å². The van der Waals surface area contributed by atoms with Crippen LogP contribution in [0.4, 0.5) is 4.79 Å². The van der Waals surface area contributed by atoms with Crippen LogP contribution in [0.2, 0.25) is 0 Å². The van der Waals surface area contributed by atoms with Crippen LogP contribution in [0, 0.1) is 3.57 Å². The van der Waals surface area contributed by atoms with Gasteiger partial charge in [-0.2, -0.15) is 5.10 Å². The number of aromatic nitrogens is 2. The molecule has 3 rings (SSSR count). The van der Waals surface area contributed by atoms with Crippen LogP contribution in [0.3, 0.4) is 0 Å². The molecule has 1 aliphatic rings. The summed E-state index contributed by atoms with van der Waals surface area (Å²) in [5.74, 6) is 0. The van der Waals surface area contributed by atoms with Crippen molar-refractivity contribution in [1.29, 1.82) is 0 Å². The van der Waals surface area contributed by atoms with E-state index >= 15 is 0 Å². The van der Waals surface area contributed by atoms with Crippen LogP contribution in [0.1, 0.15) is 52.0 Å². The van der Waals surface area contributed by atoms with E-state index in [1.54, 1.807) is 11.9 Å². The van der Waals surface area contributed by atoms with Crippen molar-refractivity contribution in [3.8, 4) is 0 Å². The summed E-state index contributed by atoms with van der Waals surface area (Å²) in [5.41, 5.74) is 1.68. The Bertz CT molecular complexity index is 871. The summed E-state index contributed by atoms with van der Waals surface area (Å²) in [6.45, 7) is 8.46. The number of ether oxygens (including phenoxy) is 2. The molecule has 30 heavy (non-hydrogen) atoms. The van der Waals surface area contributed by atoms with Crippen LogP contribution in [0.15, 0.2) is 18.2 Å². The van der Waals surface area contributed by atoms with E-state index in [0.717, 1.165) is 37.2 Å². The van der Waals surface area contributed by atoms with Crippen LogP contribution < -0.4 is 0 Å². The highest BCUT2D eigenvalue weighted by Gasteiger charge is 2.22. The van der Waals surface area contributed by atoms with Gasteiger partial charge in [-0.05, 0) is 87.9 Å². The second kappa shape index (κ2) is 9.82. The van der Waals surface area contributed by atoms with Gasteiger partial charge in [0.2, 0.25) is 0 Å². The average molecular weight is 528 g/mol. The molecule has 1 saturated heterocycles. The van der Waals surface area contributed by atoms with Crippen molar-refractivity contribution in [3.63, 3.8) is 0 Å². The molecule has 0 aliphatic carbocycles. The third-order valence-corrected chi connectivity index (χ3v) is 5.79. The third kappa shape index (κ3) is 6.07. The Morgan fingerprint density at radius 2 is 2.07 bits per heavy atom. The lowest BCUT2D eigenvalue weighted by Gasteiger charge is -2.26. The number of likely N-dealkylation sites (N-methyl/N-ethyl adjacent to an activating group) is 2. The van der Waals surface area contributed by atoms with E-state index in [1.165, 1.54) is 15.4 Å². The predicted octanol–water partition coefficient (Wildman–Crippen LogP) is 4.64. The molecule has 0 radical (unpaired) electrons. The Balaban J connectivity index is 1.69. The van der Waals surface area contributed by atoms with Crippen molar-refractivity contribution in [2.24, 2.45) is 0 Å². The second-order valence-corrected chi connectivity index (χ2v) is 10.3. The molecule has 0 saturated carbocycles. The molecule has 1 aromatic carbocycles. The smallest absolute Gasteiger partial charge is 0.410 e. The predicted molar refractivity (Wildman–Crippen MR) is 126 cm³/mol. The number of halogens is 1. The van der Waals surface area contributed by atoms with E-state index in [4.69, 9.17) is 14.6 Å². The minimum absolute atomic E-state index is 0.0127. The van der Waals surface area contributed by atoms with Crippen LogP contribution >= 0.6 is 22.6 Å². The number of carbonyl (C=O) groups is 1. The number of benzene rings is 1. The number of amides is 1. The molecule has 1 atom stereocenters. The molecule has 0 spiro atoms. The minimum Gasteiger partial charge on any atom is -0.444 e. The molecule has 7 nitrogen and oxygen atoms in total. The Morgan fingerprint density at radius 1 is 1.30 bits per heavy atom. The van der Waals surface area contributed by atoms with E-state index in [1.807, 2.05) is 20.8 Å². The molecular weight excluding hydrogens is 495 g/mol. The summed E-state index contributed by atoms with van der Waals surface area (Å²) in [5, 5.41) is 6.12. The highest BCUT2D eigenvalue weighted by molar-refractivity contribution is 14.1. The molecule has 166 valence electrons. The highest BCUT2D eigenvalue weighted by atomic mass is 127. The molecule has 1 unspecified atom stereocenters. The van der Waals surface area contributed by atoms with Gasteiger partial charge in [0.25, 0.3) is 0 Å². The molecule has 2 heterocycles. The standard InChI is InChI=1S/C22H33IN4O3/c1-22(2,3)30-21(28)26(5)12-11-25(4)15-18-17-14-16(23)9-10-19(17)27(24-18)20-8-6-7-13-29-20/h9-10,14,20H,6-8,11-13,15H2,1-5H3. The lowest BCUT2D eigenvalue weighted by atomic mass is 10.1. The number of fused-ring (bicyclic) bond motifs is 1. The first-order valence-corrected chi connectivity index (χ1v) is 11.6. The largest absolute Gasteiger partial charge is 0.444 e. The molecular formula is C22H33IN4O3. The van der Waals surface area contributed by atoms with Gasteiger partial charge in [0, 0.05) is 42.2 Å². The number of hydrogen-bond acceptors (Lipinski definition) is 5. The molecule has 1 amide bonds. The van der Waals surface area contributed by atoms with Crippen molar-refractivity contribution in [2.75, 3.05) is 33.8 Å². The lowest BCUT2D eigenvalue weighted by molar-refractivity contribution is -0.0370. The Morgan fingerprint density at radius 3 is 2.73 bits per heavy atom. The van der Waals surface area contributed by atoms with Crippen LogP contribution in [-0.4, -0.2) is 65.1 Å². The van der Waals surface area contributed by atoms with E-state index < -0.39 is 5.60 Å². The summed E-state index contributed by atoms with van der Waals surface area (Å²) in [6.07, 6.45) is 3.00. The first-order chi connectivity index (χ1) is 14.1. The quantitative estimate of drug-likeness (QED) is 0.512. The second-order valence-electron chi connectivity index (χ2n) is 9.01. The SMILES string of the molecule is CN(CCN(C)C(=O)OC(C)(C)C)Cc1nn(C2CCCCO2)c2ccc(I)cc12. The molecule has 1 aliphatic heterocycles. The topological polar surface area (TPSA) is 59.8 Å². The van der Waals surface area contributed by atoms with Gasteiger partial charge in [-0.1, -0.05) is 0 Å². The van der Waals surface area contributed by atoms with Gasteiger partial charge in [-0.3, -0.25) is 4.90 Å². The molecule has 1 fully saturated rings. The third-order valence-electron chi connectivity index (χ3n) is 5.12. The zero-order chi connectivity index (χ0) is 21.9. The first kappa shape index (κ1) is 23.3.